The number of esters is 1. The molecule has 0 spiro atoms. The Hall–Kier alpha value is -1.08. The van der Waals surface area contributed by atoms with Crippen LogP contribution in [0.5, 0.6) is 5.88 Å². The molecule has 0 aliphatic heterocycles. The molecule has 0 radical (unpaired) electrons. The van der Waals surface area contributed by atoms with Crippen molar-refractivity contribution in [2.75, 3.05) is 13.7 Å². The maximum absolute atomic E-state index is 12.2. The van der Waals surface area contributed by atoms with Crippen molar-refractivity contribution in [1.29, 1.82) is 0 Å². The van der Waals surface area contributed by atoms with Crippen molar-refractivity contribution in [3.05, 3.63) is 21.8 Å². The summed E-state index contributed by atoms with van der Waals surface area (Å²) in [4.78, 5) is 16.6. The third-order valence-corrected chi connectivity index (χ3v) is 4.11. The van der Waals surface area contributed by atoms with Crippen molar-refractivity contribution in [1.82, 2.24) is 9.55 Å². The van der Waals surface area contributed by atoms with Crippen LogP contribution < -0.4 is 4.74 Å². The molecular weight excluding hydrogens is 392 g/mol. The first kappa shape index (κ1) is 15.3. The number of fused-ring (bicyclic) bond motifs is 1. The van der Waals surface area contributed by atoms with Gasteiger partial charge in [-0.2, -0.15) is 0 Å². The van der Waals surface area contributed by atoms with Crippen molar-refractivity contribution in [2.45, 2.75) is 12.3 Å². The van der Waals surface area contributed by atoms with Gasteiger partial charge in [0.25, 0.3) is 0 Å². The molecule has 2 rings (SSSR count). The summed E-state index contributed by atoms with van der Waals surface area (Å²) in [6, 6.07) is 1.88. The highest BCUT2D eigenvalue weighted by Gasteiger charge is 2.24. The molecule has 0 saturated heterocycles. The van der Waals surface area contributed by atoms with E-state index < -0.39 is 0 Å². The number of pyridine rings is 1. The molecule has 20 heavy (non-hydrogen) atoms. The van der Waals surface area contributed by atoms with Gasteiger partial charge >= 0.3 is 5.97 Å². The van der Waals surface area contributed by atoms with E-state index in [1.165, 1.54) is 7.11 Å². The van der Waals surface area contributed by atoms with E-state index in [1.807, 2.05) is 17.7 Å². The van der Waals surface area contributed by atoms with Gasteiger partial charge in [-0.05, 0) is 28.9 Å². The second-order valence-corrected chi connectivity index (χ2v) is 5.50. The fourth-order valence-electron chi connectivity index (χ4n) is 2.07. The lowest BCUT2D eigenvalue weighted by molar-refractivity contribution is 0.0527. The van der Waals surface area contributed by atoms with E-state index in [4.69, 9.17) is 9.47 Å². The first-order chi connectivity index (χ1) is 9.54. The third kappa shape index (κ3) is 2.44. The van der Waals surface area contributed by atoms with Crippen LogP contribution in [-0.2, 0) is 17.1 Å². The molecule has 0 saturated carbocycles. The Morgan fingerprint density at radius 3 is 2.75 bits per heavy atom. The molecule has 2 aromatic heterocycles. The second kappa shape index (κ2) is 6.13. The number of nitrogens with zero attached hydrogens (tertiary/aromatic N) is 2. The molecule has 0 fully saturated rings. The van der Waals surface area contributed by atoms with Gasteiger partial charge in [0.2, 0.25) is 5.88 Å². The molecule has 0 aromatic carbocycles. The quantitative estimate of drug-likeness (QED) is 0.577. The van der Waals surface area contributed by atoms with Gasteiger partial charge in [0.1, 0.15) is 11.1 Å². The van der Waals surface area contributed by atoms with Gasteiger partial charge in [-0.25, -0.2) is 9.78 Å². The van der Waals surface area contributed by atoms with E-state index in [0.717, 1.165) is 15.7 Å². The predicted octanol–water partition coefficient (Wildman–Crippen LogP) is 3.42. The van der Waals surface area contributed by atoms with Crippen LogP contribution in [-0.4, -0.2) is 29.2 Å². The van der Waals surface area contributed by atoms with Gasteiger partial charge in [0, 0.05) is 18.1 Å². The number of carbonyl (C=O) groups excluding carboxylic acids is 1. The zero-order valence-electron chi connectivity index (χ0n) is 11.4. The van der Waals surface area contributed by atoms with Gasteiger partial charge in [0.15, 0.2) is 0 Å². The van der Waals surface area contributed by atoms with Crippen LogP contribution in [0.3, 0.4) is 0 Å². The van der Waals surface area contributed by atoms with Crippen LogP contribution in [0.2, 0.25) is 0 Å². The maximum atomic E-state index is 12.2. The Labute approximate surface area is 133 Å². The van der Waals surface area contributed by atoms with Crippen LogP contribution in [0.15, 0.2) is 10.5 Å². The molecule has 108 valence electrons. The molecule has 0 atom stereocenters. The number of halogens is 2. The van der Waals surface area contributed by atoms with Crippen LogP contribution >= 0.6 is 31.9 Å². The normalized spacial score (nSPS) is 10.8. The van der Waals surface area contributed by atoms with Gasteiger partial charge in [0.05, 0.1) is 23.7 Å². The largest absolute Gasteiger partial charge is 0.480 e. The van der Waals surface area contributed by atoms with Crippen molar-refractivity contribution in [3.63, 3.8) is 0 Å². The minimum absolute atomic E-state index is 0.324. The Morgan fingerprint density at radius 1 is 1.50 bits per heavy atom. The molecule has 0 amide bonds. The number of hydrogen-bond donors (Lipinski definition) is 0. The lowest BCUT2D eigenvalue weighted by atomic mass is 10.2. The van der Waals surface area contributed by atoms with E-state index >= 15 is 0 Å². The standard InChI is InChI=1S/C13H14Br2N2O3/c1-4-20-13(18)10-9(6-14)17(2)8-5-7(15)12(19-3)16-11(8)10/h5H,4,6H2,1-3H3. The van der Waals surface area contributed by atoms with Crippen LogP contribution in [0.25, 0.3) is 11.0 Å². The van der Waals surface area contributed by atoms with Crippen LogP contribution in [0.1, 0.15) is 23.0 Å². The Balaban J connectivity index is 2.79. The first-order valence-corrected chi connectivity index (χ1v) is 7.91. The zero-order chi connectivity index (χ0) is 14.9. The topological polar surface area (TPSA) is 53.4 Å². The molecule has 7 heteroatoms. The van der Waals surface area contributed by atoms with E-state index in [9.17, 15) is 4.79 Å². The van der Waals surface area contributed by atoms with Gasteiger partial charge in [-0.1, -0.05) is 15.9 Å². The Bertz CT molecular complexity index is 667. The summed E-state index contributed by atoms with van der Waals surface area (Å²) >= 11 is 6.82. The number of rotatable bonds is 4. The third-order valence-electron chi connectivity index (χ3n) is 3.01. The summed E-state index contributed by atoms with van der Waals surface area (Å²) in [5, 5.41) is 0.536. The molecule has 0 bridgehead atoms. The zero-order valence-corrected chi connectivity index (χ0v) is 14.5. The fourth-order valence-corrected chi connectivity index (χ4v) is 3.19. The monoisotopic (exact) mass is 404 g/mol. The van der Waals surface area contributed by atoms with E-state index in [-0.39, 0.29) is 5.97 Å². The number of carbonyl (C=O) groups is 1. The number of ether oxygens (including phenoxy) is 2. The molecule has 5 nitrogen and oxygen atoms in total. The smallest absolute Gasteiger partial charge is 0.342 e. The van der Waals surface area contributed by atoms with Crippen LogP contribution in [0.4, 0.5) is 0 Å². The molecular formula is C13H14Br2N2O3. The van der Waals surface area contributed by atoms with Gasteiger partial charge in [-0.15, -0.1) is 0 Å². The summed E-state index contributed by atoms with van der Waals surface area (Å²) in [6.45, 7) is 2.10. The minimum atomic E-state index is -0.371. The first-order valence-electron chi connectivity index (χ1n) is 6.00. The molecule has 0 aliphatic rings. The summed E-state index contributed by atoms with van der Waals surface area (Å²) in [6.07, 6.45) is 0. The van der Waals surface area contributed by atoms with Crippen molar-refractivity contribution >= 4 is 48.9 Å². The lowest BCUT2D eigenvalue weighted by Gasteiger charge is -2.04. The number of methoxy groups -OCH3 is 1. The van der Waals surface area contributed by atoms with Crippen LogP contribution in [0, 0.1) is 0 Å². The van der Waals surface area contributed by atoms with E-state index in [0.29, 0.717) is 28.9 Å². The van der Waals surface area contributed by atoms with Gasteiger partial charge < -0.3 is 14.0 Å². The Morgan fingerprint density at radius 2 is 2.20 bits per heavy atom. The van der Waals surface area contributed by atoms with E-state index in [1.54, 1.807) is 6.92 Å². The van der Waals surface area contributed by atoms with Gasteiger partial charge in [-0.3, -0.25) is 0 Å². The molecule has 2 heterocycles. The number of aromatic nitrogens is 2. The highest BCUT2D eigenvalue weighted by atomic mass is 79.9. The average molecular weight is 406 g/mol. The number of aryl methyl sites for hydroxylation is 1. The number of hydrogen-bond acceptors (Lipinski definition) is 4. The van der Waals surface area contributed by atoms with Crippen molar-refractivity contribution < 1.29 is 14.3 Å². The molecule has 0 aliphatic carbocycles. The molecule has 2 aromatic rings. The summed E-state index contributed by atoms with van der Waals surface area (Å²) < 4.78 is 13.0. The summed E-state index contributed by atoms with van der Waals surface area (Å²) in [7, 11) is 3.43. The fraction of sp³-hybridized carbons (Fsp3) is 0.385. The highest BCUT2D eigenvalue weighted by molar-refractivity contribution is 9.10. The highest BCUT2D eigenvalue weighted by Crippen LogP contribution is 2.32. The lowest BCUT2D eigenvalue weighted by Crippen LogP contribution is -2.08. The molecule has 0 unspecified atom stereocenters. The van der Waals surface area contributed by atoms with Crippen molar-refractivity contribution in [3.8, 4) is 5.88 Å². The number of alkyl halides is 1. The Kier molecular flexibility index (Phi) is 4.70. The second-order valence-electron chi connectivity index (χ2n) is 4.08. The van der Waals surface area contributed by atoms with E-state index in [2.05, 4.69) is 36.8 Å². The average Bonchev–Trinajstić information content (AvgIpc) is 2.70. The summed E-state index contributed by atoms with van der Waals surface area (Å²) in [5.41, 5.74) is 2.73. The maximum Gasteiger partial charge on any atom is 0.342 e. The molecule has 0 N–H and O–H groups in total. The van der Waals surface area contributed by atoms with Crippen molar-refractivity contribution in [2.24, 2.45) is 7.05 Å². The SMILES string of the molecule is CCOC(=O)c1c(CBr)n(C)c2cc(Br)c(OC)nc12. The summed E-state index contributed by atoms with van der Waals surface area (Å²) in [5.74, 6) is 0.0687. The predicted molar refractivity (Wildman–Crippen MR) is 83.6 cm³/mol. The minimum Gasteiger partial charge on any atom is -0.480 e.